The molecule has 0 spiro atoms. The predicted molar refractivity (Wildman–Crippen MR) is 119 cm³/mol. The van der Waals surface area contributed by atoms with Gasteiger partial charge < -0.3 is 4.79 Å². The second kappa shape index (κ2) is 27.5. The van der Waals surface area contributed by atoms with E-state index in [1.165, 1.54) is 26.7 Å². The maximum Gasteiger partial charge on any atom is 0.126 e. The summed E-state index contributed by atoms with van der Waals surface area (Å²) < 4.78 is 0. The van der Waals surface area contributed by atoms with Crippen molar-refractivity contribution in [3.05, 3.63) is 0 Å². The Morgan fingerprint density at radius 3 is 0.625 bits per heavy atom. The molecule has 0 rings (SSSR count). The highest BCUT2D eigenvalue weighted by atomic mass is 16.1. The summed E-state index contributed by atoms with van der Waals surface area (Å²) in [7, 11) is 0. The topological polar surface area (TPSA) is 17.1 Å². The first-order valence-electron chi connectivity index (χ1n) is 9.76. The molecule has 0 atom stereocenters. The molecule has 0 aromatic rings. The molecule has 0 radical (unpaired) electrons. The summed E-state index contributed by atoms with van der Waals surface area (Å²) in [6.45, 7) is 35.6. The van der Waals surface area contributed by atoms with Crippen LogP contribution in [-0.2, 0) is 4.79 Å². The van der Waals surface area contributed by atoms with Gasteiger partial charge in [0.1, 0.15) is 5.78 Å². The normalized spacial score (nSPS) is 9.08. The molecule has 0 bridgehead atoms. The molecule has 154 valence electrons. The first-order valence-corrected chi connectivity index (χ1v) is 9.76. The Morgan fingerprint density at radius 1 is 0.625 bits per heavy atom. The minimum Gasteiger partial charge on any atom is -0.300 e. The van der Waals surface area contributed by atoms with E-state index in [1.807, 2.05) is 0 Å². The molecule has 0 aliphatic rings. The highest BCUT2D eigenvalue weighted by molar-refractivity contribution is 5.72. The number of carbonyl (C=O) groups excluding carboxylic acids is 1. The summed E-state index contributed by atoms with van der Waals surface area (Å²) in [5, 5.41) is 0. The van der Waals surface area contributed by atoms with Crippen LogP contribution in [0.5, 0.6) is 0 Å². The molecule has 0 saturated carbocycles. The first-order chi connectivity index (χ1) is 10.3. The van der Waals surface area contributed by atoms with Gasteiger partial charge in [0.25, 0.3) is 0 Å². The van der Waals surface area contributed by atoms with Crippen LogP contribution in [0.25, 0.3) is 0 Å². The Kier molecular flexibility index (Phi) is 44.7. The molecule has 0 aliphatic heterocycles. The van der Waals surface area contributed by atoms with Crippen LogP contribution in [0.2, 0.25) is 0 Å². The largest absolute Gasteiger partial charge is 0.300 e. The zero-order valence-electron chi connectivity index (χ0n) is 20.9. The molecule has 0 N–H and O–H groups in total. The maximum absolute atomic E-state index is 9.44. The molecule has 0 aromatic carbocycles. The molecule has 0 aromatic heterocycles. The lowest BCUT2D eigenvalue weighted by molar-refractivity contribution is -0.114. The number of rotatable bonds is 0. The standard InChI is InChI=1S/2C5H12.C4H10.C3H6O.2C3H8/c2*1-5(2,3)4;1-4(2)3;1-3(2)4;2*1-3-2/h2*1-4H3;4H,1-3H3;1-2H3;2*3H2,1-2H3. The Balaban J connectivity index is -0.0000000410. The van der Waals surface area contributed by atoms with Crippen molar-refractivity contribution >= 4 is 5.78 Å². The van der Waals surface area contributed by atoms with Crippen LogP contribution in [-0.4, -0.2) is 5.78 Å². The lowest BCUT2D eigenvalue weighted by Crippen LogP contribution is -1.93. The summed E-state index contributed by atoms with van der Waals surface area (Å²) in [4.78, 5) is 9.44. The Hall–Kier alpha value is -0.330. The second-order valence-corrected chi connectivity index (χ2v) is 10.1. The molecule has 1 heteroatoms. The van der Waals surface area contributed by atoms with Gasteiger partial charge in [0.15, 0.2) is 0 Å². The van der Waals surface area contributed by atoms with Crippen LogP contribution in [0.1, 0.15) is 131 Å². The van der Waals surface area contributed by atoms with Crippen LogP contribution in [0.4, 0.5) is 0 Å². The van der Waals surface area contributed by atoms with Crippen molar-refractivity contribution < 1.29 is 4.79 Å². The quantitative estimate of drug-likeness (QED) is 0.426. The molecule has 0 heterocycles. The number of hydrogen-bond donors (Lipinski definition) is 0. The van der Waals surface area contributed by atoms with Crippen molar-refractivity contribution in [2.75, 3.05) is 0 Å². The minimum atomic E-state index is 0.167. The molecule has 0 amide bonds. The fourth-order valence-electron chi connectivity index (χ4n) is 0. The minimum absolute atomic E-state index is 0.167. The molecule has 1 nitrogen and oxygen atoms in total. The number of hydrogen-bond acceptors (Lipinski definition) is 1. The van der Waals surface area contributed by atoms with Crippen molar-refractivity contribution in [3.63, 3.8) is 0 Å². The van der Waals surface area contributed by atoms with Crippen LogP contribution < -0.4 is 0 Å². The van der Waals surface area contributed by atoms with Gasteiger partial charge in [0.2, 0.25) is 0 Å². The monoisotopic (exact) mass is 348 g/mol. The van der Waals surface area contributed by atoms with Crippen molar-refractivity contribution in [2.45, 2.75) is 131 Å². The number of Topliss-reactive ketones (excluding diaryl/α,β-unsaturated/α-hetero) is 1. The lowest BCUT2D eigenvalue weighted by atomic mass is 10.0. The van der Waals surface area contributed by atoms with Crippen LogP contribution in [0.3, 0.4) is 0 Å². The number of ketones is 1. The molecule has 0 fully saturated rings. The van der Waals surface area contributed by atoms with Gasteiger partial charge in [-0.15, -0.1) is 0 Å². The summed E-state index contributed by atoms with van der Waals surface area (Å²) in [5.41, 5.74) is 1.00. The summed E-state index contributed by atoms with van der Waals surface area (Å²) in [6.07, 6.45) is 2.50. The van der Waals surface area contributed by atoms with Crippen molar-refractivity contribution in [1.29, 1.82) is 0 Å². The third kappa shape index (κ3) is 85000. The summed E-state index contributed by atoms with van der Waals surface area (Å²) in [6, 6.07) is 0. The fraction of sp³-hybridized carbons (Fsp3) is 0.957. The van der Waals surface area contributed by atoms with Crippen molar-refractivity contribution in [3.8, 4) is 0 Å². The van der Waals surface area contributed by atoms with E-state index in [0.29, 0.717) is 10.8 Å². The van der Waals surface area contributed by atoms with Crippen LogP contribution >= 0.6 is 0 Å². The van der Waals surface area contributed by atoms with E-state index in [0.717, 1.165) is 5.92 Å². The van der Waals surface area contributed by atoms with E-state index in [4.69, 9.17) is 0 Å². The molecule has 0 aliphatic carbocycles. The average Bonchev–Trinajstić information content (AvgIpc) is 2.10. The van der Waals surface area contributed by atoms with Crippen molar-refractivity contribution in [2.24, 2.45) is 16.7 Å². The predicted octanol–water partition coefficient (Wildman–Crippen LogP) is 9.20. The molecule has 0 saturated heterocycles. The van der Waals surface area contributed by atoms with E-state index in [2.05, 4.69) is 104 Å². The molecular weight excluding hydrogens is 292 g/mol. The van der Waals surface area contributed by atoms with Gasteiger partial charge in [-0.25, -0.2) is 0 Å². The Morgan fingerprint density at radius 2 is 0.625 bits per heavy atom. The molecular formula is C23H56O. The third-order valence-electron chi connectivity index (χ3n) is 0. The van der Waals surface area contributed by atoms with E-state index in [9.17, 15) is 4.79 Å². The zero-order valence-corrected chi connectivity index (χ0v) is 20.9. The third-order valence-corrected chi connectivity index (χ3v) is 0. The van der Waals surface area contributed by atoms with Gasteiger partial charge in [-0.1, -0.05) is 117 Å². The van der Waals surface area contributed by atoms with E-state index in [-0.39, 0.29) is 5.78 Å². The summed E-state index contributed by atoms with van der Waals surface area (Å²) >= 11 is 0. The van der Waals surface area contributed by atoms with Gasteiger partial charge in [-0.05, 0) is 30.6 Å². The van der Waals surface area contributed by atoms with Gasteiger partial charge in [0.05, 0.1) is 0 Å². The van der Waals surface area contributed by atoms with E-state index < -0.39 is 0 Å². The SMILES string of the molecule is CC(C)(C)C.CC(C)(C)C.CC(C)=O.CC(C)C.CCC.CCC. The van der Waals surface area contributed by atoms with E-state index in [1.54, 1.807) is 0 Å². The van der Waals surface area contributed by atoms with Gasteiger partial charge in [-0.3, -0.25) is 0 Å². The fourth-order valence-corrected chi connectivity index (χ4v) is 0. The average molecular weight is 349 g/mol. The molecule has 0 unspecified atom stereocenters. The highest BCUT2D eigenvalue weighted by Crippen LogP contribution is 2.08. The second-order valence-electron chi connectivity index (χ2n) is 10.1. The van der Waals surface area contributed by atoms with Gasteiger partial charge >= 0.3 is 0 Å². The van der Waals surface area contributed by atoms with Crippen LogP contribution in [0.15, 0.2) is 0 Å². The Bertz CT molecular complexity index is 156. The van der Waals surface area contributed by atoms with E-state index >= 15 is 0 Å². The lowest BCUT2D eigenvalue weighted by Gasteiger charge is -2.05. The smallest absolute Gasteiger partial charge is 0.126 e. The zero-order chi connectivity index (χ0) is 21.6. The van der Waals surface area contributed by atoms with Gasteiger partial charge in [0, 0.05) is 0 Å². The first kappa shape index (κ1) is 39.0. The van der Waals surface area contributed by atoms with Crippen molar-refractivity contribution in [1.82, 2.24) is 0 Å². The van der Waals surface area contributed by atoms with Gasteiger partial charge in [-0.2, -0.15) is 0 Å². The highest BCUT2D eigenvalue weighted by Gasteiger charge is 1.96. The van der Waals surface area contributed by atoms with Crippen LogP contribution in [0, 0.1) is 16.7 Å². The Labute approximate surface area is 158 Å². The number of carbonyl (C=O) groups is 1. The molecule has 24 heavy (non-hydrogen) atoms. The maximum atomic E-state index is 9.44. The summed E-state index contributed by atoms with van der Waals surface area (Å²) in [5.74, 6) is 1.00.